The van der Waals surface area contributed by atoms with Crippen molar-refractivity contribution in [1.29, 1.82) is 0 Å². The number of ether oxygens (including phenoxy) is 1. The van der Waals surface area contributed by atoms with Gasteiger partial charge in [0, 0.05) is 19.0 Å². The lowest BCUT2D eigenvalue weighted by Crippen LogP contribution is -2.31. The molecule has 4 N–H and O–H groups in total. The molecule has 6 heteroatoms. The van der Waals surface area contributed by atoms with Gasteiger partial charge in [0.1, 0.15) is 12.7 Å². The first kappa shape index (κ1) is 22.6. The first-order valence-corrected chi connectivity index (χ1v) is 11.9. The van der Waals surface area contributed by atoms with Crippen LogP contribution in [0.25, 0.3) is 11.1 Å². The lowest BCUT2D eigenvalue weighted by molar-refractivity contribution is 0.0136. The fraction of sp³-hybridized carbons (Fsp3) is 0.321. The summed E-state index contributed by atoms with van der Waals surface area (Å²) in [6.07, 6.45) is -1.36. The molecule has 0 spiro atoms. The first-order chi connectivity index (χ1) is 16.6. The molecule has 3 aromatic rings. The van der Waals surface area contributed by atoms with Crippen molar-refractivity contribution >= 4 is 6.09 Å². The van der Waals surface area contributed by atoms with Crippen LogP contribution in [0.1, 0.15) is 46.3 Å². The number of hydrogen-bond acceptors (Lipinski definition) is 5. The summed E-state index contributed by atoms with van der Waals surface area (Å²) in [5.74, 6) is 0.00442. The molecule has 0 radical (unpaired) electrons. The lowest BCUT2D eigenvalue weighted by atomic mass is 9.94. The summed E-state index contributed by atoms with van der Waals surface area (Å²) in [6, 6.07) is 22.2. The average molecular weight is 459 g/mol. The summed E-state index contributed by atoms with van der Waals surface area (Å²) in [6.45, 7) is 2.20. The van der Waals surface area contributed by atoms with Crippen LogP contribution < -0.4 is 10.6 Å². The smallest absolute Gasteiger partial charge is 0.407 e. The zero-order chi connectivity index (χ0) is 23.5. The van der Waals surface area contributed by atoms with Crippen LogP contribution in [0.5, 0.6) is 0 Å². The van der Waals surface area contributed by atoms with Gasteiger partial charge < -0.3 is 25.6 Å². The molecule has 1 aliphatic carbocycles. The maximum atomic E-state index is 12.3. The molecule has 34 heavy (non-hydrogen) atoms. The van der Waals surface area contributed by atoms with Gasteiger partial charge in [0.2, 0.25) is 0 Å². The topological polar surface area (TPSA) is 90.8 Å². The Morgan fingerprint density at radius 3 is 2.44 bits per heavy atom. The van der Waals surface area contributed by atoms with Crippen molar-refractivity contribution in [2.75, 3.05) is 19.7 Å². The van der Waals surface area contributed by atoms with Crippen molar-refractivity contribution in [3.8, 4) is 11.1 Å². The van der Waals surface area contributed by atoms with E-state index >= 15 is 0 Å². The molecule has 176 valence electrons. The van der Waals surface area contributed by atoms with Crippen LogP contribution in [-0.4, -0.2) is 42.1 Å². The summed E-state index contributed by atoms with van der Waals surface area (Å²) in [5.41, 5.74) is 7.83. The third-order valence-electron chi connectivity index (χ3n) is 6.88. The van der Waals surface area contributed by atoms with Gasteiger partial charge in [-0.1, -0.05) is 66.7 Å². The third kappa shape index (κ3) is 4.57. The number of amides is 1. The molecule has 2 atom stereocenters. The van der Waals surface area contributed by atoms with Gasteiger partial charge in [0.25, 0.3) is 0 Å². The van der Waals surface area contributed by atoms with Gasteiger partial charge in [-0.2, -0.15) is 0 Å². The van der Waals surface area contributed by atoms with Crippen LogP contribution >= 0.6 is 0 Å². The zero-order valence-corrected chi connectivity index (χ0v) is 19.0. The normalized spacial score (nSPS) is 16.2. The summed E-state index contributed by atoms with van der Waals surface area (Å²) in [5, 5.41) is 27.1. The van der Waals surface area contributed by atoms with Crippen LogP contribution in [0, 0.1) is 0 Å². The summed E-state index contributed by atoms with van der Waals surface area (Å²) >= 11 is 0. The molecule has 0 aromatic heterocycles. The van der Waals surface area contributed by atoms with E-state index in [0.29, 0.717) is 5.56 Å². The standard InChI is InChI=1S/C28H30N2O4/c31-26(27(32)19-9-10-20-16-29-13-11-18(20)15-19)12-14-30-28(33)34-17-25-23-7-3-1-5-21(23)22-6-2-4-8-24(22)25/h1-10,15,25-27,29,31-32H,11-14,16-17H2,(H,30,33). The Hall–Kier alpha value is -3.19. The Bertz CT molecular complexity index is 1130. The SMILES string of the molecule is O=C(NCCC(O)C(O)c1ccc2c(c1)CCNC2)OCC1c2ccccc2-c2ccccc21. The highest BCUT2D eigenvalue weighted by Gasteiger charge is 2.29. The maximum absolute atomic E-state index is 12.3. The molecule has 5 rings (SSSR count). The average Bonchev–Trinajstić information content (AvgIpc) is 3.20. The maximum Gasteiger partial charge on any atom is 0.407 e. The fourth-order valence-electron chi connectivity index (χ4n) is 5.03. The Morgan fingerprint density at radius 2 is 1.71 bits per heavy atom. The van der Waals surface area contributed by atoms with E-state index in [0.717, 1.165) is 30.6 Å². The predicted molar refractivity (Wildman–Crippen MR) is 131 cm³/mol. The molecular weight excluding hydrogens is 428 g/mol. The monoisotopic (exact) mass is 458 g/mol. The second-order valence-electron chi connectivity index (χ2n) is 9.01. The van der Waals surface area contributed by atoms with Crippen LogP contribution in [0.2, 0.25) is 0 Å². The first-order valence-electron chi connectivity index (χ1n) is 11.9. The molecular formula is C28H30N2O4. The molecule has 2 unspecified atom stereocenters. The highest BCUT2D eigenvalue weighted by molar-refractivity contribution is 5.79. The highest BCUT2D eigenvalue weighted by Crippen LogP contribution is 2.44. The van der Waals surface area contributed by atoms with E-state index < -0.39 is 18.3 Å². The molecule has 1 heterocycles. The highest BCUT2D eigenvalue weighted by atomic mass is 16.5. The van der Waals surface area contributed by atoms with Crippen molar-refractivity contribution in [3.05, 3.63) is 94.5 Å². The third-order valence-corrected chi connectivity index (χ3v) is 6.88. The van der Waals surface area contributed by atoms with Crippen LogP contribution in [0.3, 0.4) is 0 Å². The molecule has 1 amide bonds. The molecule has 0 bridgehead atoms. The van der Waals surface area contributed by atoms with Crippen molar-refractivity contribution < 1.29 is 19.7 Å². The summed E-state index contributed by atoms with van der Waals surface area (Å²) in [7, 11) is 0. The quantitative estimate of drug-likeness (QED) is 0.434. The number of nitrogens with one attached hydrogen (secondary N) is 2. The Labute approximate surface area is 199 Å². The number of rotatable bonds is 7. The number of aliphatic hydroxyl groups is 2. The number of benzene rings is 3. The minimum Gasteiger partial charge on any atom is -0.449 e. The van der Waals surface area contributed by atoms with E-state index in [1.165, 1.54) is 22.3 Å². The zero-order valence-electron chi connectivity index (χ0n) is 19.0. The summed E-state index contributed by atoms with van der Waals surface area (Å²) < 4.78 is 5.53. The fourth-order valence-corrected chi connectivity index (χ4v) is 5.03. The van der Waals surface area contributed by atoms with Crippen molar-refractivity contribution in [2.45, 2.75) is 37.5 Å². The minimum atomic E-state index is -0.996. The van der Waals surface area contributed by atoms with E-state index in [2.05, 4.69) is 34.9 Å². The van der Waals surface area contributed by atoms with E-state index in [9.17, 15) is 15.0 Å². The number of carbonyl (C=O) groups excluding carboxylic acids is 1. The molecule has 3 aromatic carbocycles. The molecule has 1 aliphatic heterocycles. The molecule has 6 nitrogen and oxygen atoms in total. The van der Waals surface area contributed by atoms with Gasteiger partial charge >= 0.3 is 6.09 Å². The number of carbonyl (C=O) groups is 1. The second-order valence-corrected chi connectivity index (χ2v) is 9.01. The van der Waals surface area contributed by atoms with Crippen molar-refractivity contribution in [3.63, 3.8) is 0 Å². The largest absolute Gasteiger partial charge is 0.449 e. The van der Waals surface area contributed by atoms with E-state index in [1.54, 1.807) is 0 Å². The van der Waals surface area contributed by atoms with E-state index in [-0.39, 0.29) is 25.5 Å². The predicted octanol–water partition coefficient (Wildman–Crippen LogP) is 3.66. The Balaban J connectivity index is 1.12. The van der Waals surface area contributed by atoms with Gasteiger partial charge in [-0.25, -0.2) is 4.79 Å². The summed E-state index contributed by atoms with van der Waals surface area (Å²) in [4.78, 5) is 12.3. The number of alkyl carbamates (subject to hydrolysis) is 1. The Kier molecular flexibility index (Phi) is 6.63. The van der Waals surface area contributed by atoms with Gasteiger partial charge in [0.05, 0.1) is 6.10 Å². The van der Waals surface area contributed by atoms with Crippen molar-refractivity contribution in [1.82, 2.24) is 10.6 Å². The number of fused-ring (bicyclic) bond motifs is 4. The Morgan fingerprint density at radius 1 is 1.00 bits per heavy atom. The molecule has 0 saturated carbocycles. The number of aliphatic hydroxyl groups excluding tert-OH is 2. The van der Waals surface area contributed by atoms with E-state index in [4.69, 9.17) is 4.74 Å². The van der Waals surface area contributed by atoms with Crippen LogP contribution in [0.4, 0.5) is 4.79 Å². The molecule has 0 saturated heterocycles. The molecule has 0 fully saturated rings. The van der Waals surface area contributed by atoms with Gasteiger partial charge in [-0.3, -0.25) is 0 Å². The van der Waals surface area contributed by atoms with E-state index in [1.807, 2.05) is 42.5 Å². The van der Waals surface area contributed by atoms with Crippen LogP contribution in [0.15, 0.2) is 66.7 Å². The lowest BCUT2D eigenvalue weighted by Gasteiger charge is -2.22. The van der Waals surface area contributed by atoms with Gasteiger partial charge in [-0.15, -0.1) is 0 Å². The minimum absolute atomic E-state index is 0.00442. The molecule has 2 aliphatic rings. The van der Waals surface area contributed by atoms with Gasteiger partial charge in [-0.05, 0) is 58.3 Å². The van der Waals surface area contributed by atoms with Gasteiger partial charge in [0.15, 0.2) is 0 Å². The van der Waals surface area contributed by atoms with Crippen molar-refractivity contribution in [2.24, 2.45) is 0 Å². The second kappa shape index (κ2) is 9.97. The number of hydrogen-bond donors (Lipinski definition) is 4. The van der Waals surface area contributed by atoms with Crippen LogP contribution in [-0.2, 0) is 17.7 Å².